The molecule has 0 aliphatic heterocycles. The van der Waals surface area contributed by atoms with E-state index < -0.39 is 35.2 Å². The highest BCUT2D eigenvalue weighted by atomic mass is 16.5. The number of nitrogens with zero attached hydrogens (tertiary/aromatic N) is 2. The van der Waals surface area contributed by atoms with Crippen LogP contribution in [0, 0.1) is 23.2 Å². The molecular weight excluding hydrogens is 510 g/mol. The third kappa shape index (κ3) is 3.99. The summed E-state index contributed by atoms with van der Waals surface area (Å²) in [5.41, 5.74) is 7.41. The number of primary amides is 1. The normalized spacial score (nSPS) is 26.0. The fraction of sp³-hybridized carbons (Fsp3) is 0.323. The second-order valence-corrected chi connectivity index (χ2v) is 10.8. The first kappa shape index (κ1) is 27.2. The molecule has 3 aliphatic rings. The molecule has 9 nitrogen and oxygen atoms in total. The van der Waals surface area contributed by atoms with Crippen molar-refractivity contribution in [3.05, 3.63) is 81.8 Å². The fourth-order valence-corrected chi connectivity index (χ4v) is 6.84. The number of phenols is 1. The number of benzene rings is 2. The maximum atomic E-state index is 14.1. The molecule has 2 aromatic rings. The van der Waals surface area contributed by atoms with Crippen molar-refractivity contribution in [3.63, 3.8) is 0 Å². The molecule has 2 aromatic carbocycles. The standard InChI is InChI=1S/C31H31N3O6/c1-34(2)26-22-14-18-13-20-19(17-8-4-6-16(12-17)7-5-11-32)9-10-23(35)25(20)28(37)24(18)29(38)31(22,40-3)15-21(27(26)36)30(33)39/h4-10,12,18,22,26,35-36,38H,13-15H2,1-3H3,(H2,33,39)/b7-5+/t18-,22-,26-,31-/m0/s1. The van der Waals surface area contributed by atoms with Crippen molar-refractivity contribution < 1.29 is 29.6 Å². The second-order valence-electron chi connectivity index (χ2n) is 10.8. The number of aliphatic hydroxyl groups excluding tert-OH is 2. The Morgan fingerprint density at radius 3 is 2.62 bits per heavy atom. The number of rotatable bonds is 5. The number of nitriles is 1. The molecule has 0 aromatic heterocycles. The molecule has 0 bridgehead atoms. The van der Waals surface area contributed by atoms with E-state index >= 15 is 0 Å². The minimum atomic E-state index is -1.46. The molecule has 5 N–H and O–H groups in total. The fourth-order valence-electron chi connectivity index (χ4n) is 6.84. The van der Waals surface area contributed by atoms with Gasteiger partial charge >= 0.3 is 0 Å². The molecule has 206 valence electrons. The third-order valence-corrected chi connectivity index (χ3v) is 8.59. The summed E-state index contributed by atoms with van der Waals surface area (Å²) in [6, 6.07) is 12.1. The zero-order valence-electron chi connectivity index (χ0n) is 22.5. The van der Waals surface area contributed by atoms with Gasteiger partial charge in [-0.1, -0.05) is 24.3 Å². The van der Waals surface area contributed by atoms with Crippen LogP contribution in [0.25, 0.3) is 17.2 Å². The molecule has 0 heterocycles. The third-order valence-electron chi connectivity index (χ3n) is 8.59. The summed E-state index contributed by atoms with van der Waals surface area (Å²) in [4.78, 5) is 28.1. The van der Waals surface area contributed by atoms with Crippen LogP contribution in [0.1, 0.15) is 34.3 Å². The van der Waals surface area contributed by atoms with Gasteiger partial charge in [0.1, 0.15) is 22.9 Å². The van der Waals surface area contributed by atoms with Gasteiger partial charge in [0, 0.05) is 31.1 Å². The number of allylic oxidation sites excluding steroid dienone is 2. The minimum Gasteiger partial charge on any atom is -0.510 e. The Bertz CT molecular complexity index is 1560. The van der Waals surface area contributed by atoms with Gasteiger partial charge in [0.25, 0.3) is 0 Å². The maximum absolute atomic E-state index is 14.1. The highest BCUT2D eigenvalue weighted by molar-refractivity contribution is 6.14. The highest BCUT2D eigenvalue weighted by Crippen LogP contribution is 2.55. The van der Waals surface area contributed by atoms with Gasteiger partial charge in [-0.3, -0.25) is 14.5 Å². The van der Waals surface area contributed by atoms with E-state index in [-0.39, 0.29) is 40.4 Å². The van der Waals surface area contributed by atoms with E-state index in [0.717, 1.165) is 16.7 Å². The van der Waals surface area contributed by atoms with Crippen LogP contribution in [-0.2, 0) is 16.0 Å². The van der Waals surface area contributed by atoms with Crippen molar-refractivity contribution in [2.24, 2.45) is 17.6 Å². The van der Waals surface area contributed by atoms with E-state index in [1.165, 1.54) is 19.3 Å². The summed E-state index contributed by atoms with van der Waals surface area (Å²) in [7, 11) is 4.92. The predicted molar refractivity (Wildman–Crippen MR) is 148 cm³/mol. The van der Waals surface area contributed by atoms with Gasteiger partial charge in [0.15, 0.2) is 5.78 Å². The van der Waals surface area contributed by atoms with Gasteiger partial charge in [-0.05, 0) is 73.3 Å². The summed E-state index contributed by atoms with van der Waals surface area (Å²) in [6.07, 6.45) is 3.62. The van der Waals surface area contributed by atoms with Crippen molar-refractivity contribution in [2.45, 2.75) is 30.9 Å². The molecule has 0 radical (unpaired) electrons. The lowest BCUT2D eigenvalue weighted by molar-refractivity contribution is -0.121. The summed E-state index contributed by atoms with van der Waals surface area (Å²) in [6.45, 7) is 0. The van der Waals surface area contributed by atoms with E-state index in [2.05, 4.69) is 0 Å². The average molecular weight is 542 g/mol. The van der Waals surface area contributed by atoms with Gasteiger partial charge in [-0.25, -0.2) is 0 Å². The number of aliphatic hydroxyl groups is 2. The summed E-state index contributed by atoms with van der Waals surface area (Å²) in [5.74, 6) is -2.90. The second kappa shape index (κ2) is 9.97. The van der Waals surface area contributed by atoms with E-state index in [1.54, 1.807) is 31.1 Å². The Labute approximate surface area is 232 Å². The number of methoxy groups -OCH3 is 1. The molecule has 1 amide bonds. The maximum Gasteiger partial charge on any atom is 0.248 e. The molecule has 5 rings (SSSR count). The number of phenolic OH excluding ortho intramolecular Hbond substituents is 1. The SMILES string of the molecule is CO[C@@]12CC(C(N)=O)=C(O)[C@@H](N(C)C)[C@@H]1C[C@@H]1Cc3c(-c4cccc(/C=C/C#N)c4)ccc(O)c3C(=O)C1=C2O. The Kier molecular flexibility index (Phi) is 6.78. The van der Waals surface area contributed by atoms with E-state index in [1.807, 2.05) is 30.3 Å². The van der Waals surface area contributed by atoms with E-state index in [9.17, 15) is 24.9 Å². The van der Waals surface area contributed by atoms with E-state index in [0.29, 0.717) is 18.4 Å². The summed E-state index contributed by atoms with van der Waals surface area (Å²) < 4.78 is 5.93. The summed E-state index contributed by atoms with van der Waals surface area (Å²) in [5, 5.41) is 42.6. The minimum absolute atomic E-state index is 0.0541. The van der Waals surface area contributed by atoms with Gasteiger partial charge < -0.3 is 25.8 Å². The number of amides is 1. The van der Waals surface area contributed by atoms with Crippen molar-refractivity contribution in [1.29, 1.82) is 5.26 Å². The van der Waals surface area contributed by atoms with Gasteiger partial charge in [0.05, 0.1) is 23.2 Å². The van der Waals surface area contributed by atoms with E-state index in [4.69, 9.17) is 15.7 Å². The monoisotopic (exact) mass is 541 g/mol. The summed E-state index contributed by atoms with van der Waals surface area (Å²) >= 11 is 0. The van der Waals surface area contributed by atoms with Gasteiger partial charge in [-0.2, -0.15) is 5.26 Å². The number of carbonyl (C=O) groups excluding carboxylic acids is 2. The number of ketones is 1. The van der Waals surface area contributed by atoms with Crippen LogP contribution in [0.4, 0.5) is 0 Å². The molecule has 0 saturated heterocycles. The molecule has 9 heteroatoms. The first-order chi connectivity index (χ1) is 19.0. The lowest BCUT2D eigenvalue weighted by atomic mass is 9.58. The van der Waals surface area contributed by atoms with Crippen LogP contribution in [-0.4, -0.2) is 64.8 Å². The number of likely N-dealkylation sites (N-methyl/N-ethyl adjacent to an activating group) is 1. The van der Waals surface area contributed by atoms with Crippen LogP contribution in [0.15, 0.2) is 65.1 Å². The number of aromatic hydroxyl groups is 1. The number of Topliss-reactive ketones (excluding diaryl/α,β-unsaturated/α-hetero) is 1. The smallest absolute Gasteiger partial charge is 0.248 e. The number of nitrogens with two attached hydrogens (primary N) is 1. The van der Waals surface area contributed by atoms with Crippen molar-refractivity contribution >= 4 is 17.8 Å². The van der Waals surface area contributed by atoms with Crippen LogP contribution in [0.2, 0.25) is 0 Å². The molecule has 0 saturated carbocycles. The number of hydrogen-bond acceptors (Lipinski definition) is 8. The Morgan fingerprint density at radius 1 is 1.23 bits per heavy atom. The van der Waals surface area contributed by atoms with Gasteiger partial charge in [0.2, 0.25) is 5.91 Å². The van der Waals surface area contributed by atoms with Crippen molar-refractivity contribution in [2.75, 3.05) is 21.2 Å². The molecule has 40 heavy (non-hydrogen) atoms. The first-order valence-electron chi connectivity index (χ1n) is 13.0. The average Bonchev–Trinajstić information content (AvgIpc) is 2.91. The topological polar surface area (TPSA) is 157 Å². The van der Waals surface area contributed by atoms with Crippen LogP contribution >= 0.6 is 0 Å². The Hall–Kier alpha value is -4.39. The lowest BCUT2D eigenvalue weighted by Crippen LogP contribution is -2.60. The lowest BCUT2D eigenvalue weighted by Gasteiger charge is -2.53. The highest BCUT2D eigenvalue weighted by Gasteiger charge is 2.59. The largest absolute Gasteiger partial charge is 0.510 e. The molecular formula is C31H31N3O6. The number of carbonyl (C=O) groups is 2. The Morgan fingerprint density at radius 2 is 1.98 bits per heavy atom. The number of fused-ring (bicyclic) bond motifs is 3. The molecule has 4 atom stereocenters. The molecule has 0 unspecified atom stereocenters. The van der Waals surface area contributed by atoms with Crippen LogP contribution in [0.3, 0.4) is 0 Å². The van der Waals surface area contributed by atoms with Gasteiger partial charge in [-0.15, -0.1) is 0 Å². The molecule has 0 fully saturated rings. The quantitative estimate of drug-likeness (QED) is 0.416. The van der Waals surface area contributed by atoms with Crippen LogP contribution < -0.4 is 5.73 Å². The van der Waals surface area contributed by atoms with Crippen molar-refractivity contribution in [3.8, 4) is 22.9 Å². The van der Waals surface area contributed by atoms with Crippen molar-refractivity contribution in [1.82, 2.24) is 4.90 Å². The predicted octanol–water partition coefficient (Wildman–Crippen LogP) is 3.80. The Balaban J connectivity index is 1.69. The zero-order chi connectivity index (χ0) is 28.9. The zero-order valence-corrected chi connectivity index (χ0v) is 22.5. The van der Waals surface area contributed by atoms with Crippen LogP contribution in [0.5, 0.6) is 5.75 Å². The molecule has 3 aliphatic carbocycles. The first-order valence-corrected chi connectivity index (χ1v) is 13.0. The molecule has 0 spiro atoms. The number of ether oxygens (including phenoxy) is 1. The number of hydrogen-bond donors (Lipinski definition) is 4.